The van der Waals surface area contributed by atoms with Crippen molar-refractivity contribution in [3.05, 3.63) is 48.4 Å². The summed E-state index contributed by atoms with van der Waals surface area (Å²) in [4.78, 5) is 4.18. The molecular formula is C16H17N3O. The standard InChI is InChI=1S/C16H17N3O/c1-5-12(6-2)15-10-18-16(20-15)19-14-9-13(17-4)8-7-11(14)3/h1,6-10,12,17H,2H2,3-4H3,(H,18,19). The number of allylic oxidation sites excluding steroid dienone is 1. The number of hydrogen-bond acceptors (Lipinski definition) is 4. The molecule has 1 heterocycles. The minimum absolute atomic E-state index is 0.261. The van der Waals surface area contributed by atoms with Gasteiger partial charge in [-0.15, -0.1) is 13.0 Å². The van der Waals surface area contributed by atoms with Crippen LogP contribution < -0.4 is 10.6 Å². The first-order valence-electron chi connectivity index (χ1n) is 6.27. The summed E-state index contributed by atoms with van der Waals surface area (Å²) in [5.41, 5.74) is 3.04. The van der Waals surface area contributed by atoms with Crippen LogP contribution in [-0.2, 0) is 0 Å². The molecule has 0 spiro atoms. The van der Waals surface area contributed by atoms with Crippen LogP contribution in [0.25, 0.3) is 0 Å². The molecule has 2 N–H and O–H groups in total. The molecule has 4 nitrogen and oxygen atoms in total. The van der Waals surface area contributed by atoms with Crippen molar-refractivity contribution in [1.82, 2.24) is 4.98 Å². The molecule has 0 aliphatic heterocycles. The number of hydrogen-bond donors (Lipinski definition) is 2. The number of oxazole rings is 1. The number of aryl methyl sites for hydroxylation is 1. The molecular weight excluding hydrogens is 250 g/mol. The normalized spacial score (nSPS) is 11.4. The Labute approximate surface area is 118 Å². The highest BCUT2D eigenvalue weighted by Crippen LogP contribution is 2.26. The molecule has 1 aromatic carbocycles. The van der Waals surface area contributed by atoms with Crippen LogP contribution in [0.4, 0.5) is 17.4 Å². The van der Waals surface area contributed by atoms with Crippen molar-refractivity contribution in [2.24, 2.45) is 0 Å². The lowest BCUT2D eigenvalue weighted by atomic mass is 10.1. The molecule has 102 valence electrons. The molecule has 0 fully saturated rings. The summed E-state index contributed by atoms with van der Waals surface area (Å²) in [7, 11) is 1.87. The van der Waals surface area contributed by atoms with Gasteiger partial charge in [0.25, 0.3) is 6.01 Å². The summed E-state index contributed by atoms with van der Waals surface area (Å²) in [6.45, 7) is 5.69. The van der Waals surface area contributed by atoms with Gasteiger partial charge in [0.15, 0.2) is 0 Å². The third-order valence-corrected chi connectivity index (χ3v) is 3.01. The number of rotatable bonds is 5. The maximum absolute atomic E-state index is 5.60. The summed E-state index contributed by atoms with van der Waals surface area (Å²) in [6, 6.07) is 6.43. The zero-order valence-corrected chi connectivity index (χ0v) is 11.6. The van der Waals surface area contributed by atoms with E-state index in [1.165, 1.54) is 0 Å². The predicted molar refractivity (Wildman–Crippen MR) is 82.3 cm³/mol. The molecule has 4 heteroatoms. The van der Waals surface area contributed by atoms with E-state index < -0.39 is 0 Å². The van der Waals surface area contributed by atoms with Crippen molar-refractivity contribution in [1.29, 1.82) is 0 Å². The lowest BCUT2D eigenvalue weighted by Crippen LogP contribution is -1.95. The van der Waals surface area contributed by atoms with E-state index in [0.717, 1.165) is 16.9 Å². The fourth-order valence-corrected chi connectivity index (χ4v) is 1.78. The quantitative estimate of drug-likeness (QED) is 0.641. The van der Waals surface area contributed by atoms with Crippen LogP contribution in [0.15, 0.2) is 41.5 Å². The molecule has 1 unspecified atom stereocenters. The molecule has 2 rings (SSSR count). The van der Waals surface area contributed by atoms with Gasteiger partial charge in [0, 0.05) is 18.4 Å². The van der Waals surface area contributed by atoms with E-state index in [2.05, 4.69) is 28.1 Å². The van der Waals surface area contributed by atoms with E-state index in [1.807, 2.05) is 32.2 Å². The molecule has 0 aliphatic rings. The Bertz CT molecular complexity index is 652. The Balaban J connectivity index is 2.23. The molecule has 20 heavy (non-hydrogen) atoms. The van der Waals surface area contributed by atoms with Gasteiger partial charge >= 0.3 is 0 Å². The monoisotopic (exact) mass is 267 g/mol. The zero-order valence-electron chi connectivity index (χ0n) is 11.6. The topological polar surface area (TPSA) is 50.1 Å². The Morgan fingerprint density at radius 1 is 1.50 bits per heavy atom. The fraction of sp³-hybridized carbons (Fsp3) is 0.188. The van der Waals surface area contributed by atoms with Crippen LogP contribution in [0.2, 0.25) is 0 Å². The van der Waals surface area contributed by atoms with Crippen molar-refractivity contribution in [3.8, 4) is 12.3 Å². The molecule has 0 radical (unpaired) electrons. The van der Waals surface area contributed by atoms with E-state index in [9.17, 15) is 0 Å². The predicted octanol–water partition coefficient (Wildman–Crippen LogP) is 3.67. The highest BCUT2D eigenvalue weighted by molar-refractivity contribution is 5.64. The molecule has 0 amide bonds. The van der Waals surface area contributed by atoms with Gasteiger partial charge in [0.2, 0.25) is 0 Å². The second-order valence-electron chi connectivity index (χ2n) is 4.35. The van der Waals surface area contributed by atoms with Gasteiger partial charge in [-0.25, -0.2) is 4.98 Å². The van der Waals surface area contributed by atoms with Gasteiger partial charge in [0.1, 0.15) is 5.76 Å². The largest absolute Gasteiger partial charge is 0.427 e. The van der Waals surface area contributed by atoms with E-state index in [1.54, 1.807) is 12.3 Å². The Morgan fingerprint density at radius 2 is 2.30 bits per heavy atom. The van der Waals surface area contributed by atoms with Crippen molar-refractivity contribution < 1.29 is 4.42 Å². The number of nitrogens with one attached hydrogen (secondary N) is 2. The van der Waals surface area contributed by atoms with Gasteiger partial charge in [-0.3, -0.25) is 0 Å². The lowest BCUT2D eigenvalue weighted by molar-refractivity contribution is 0.524. The summed E-state index contributed by atoms with van der Waals surface area (Å²) < 4.78 is 5.60. The van der Waals surface area contributed by atoms with Crippen molar-refractivity contribution >= 4 is 17.4 Å². The summed E-state index contributed by atoms with van der Waals surface area (Å²) in [5.74, 6) is 2.93. The highest BCUT2D eigenvalue weighted by atomic mass is 16.4. The average molecular weight is 267 g/mol. The third kappa shape index (κ3) is 2.83. The first-order chi connectivity index (χ1) is 9.67. The smallest absolute Gasteiger partial charge is 0.299 e. The third-order valence-electron chi connectivity index (χ3n) is 3.01. The number of terminal acetylenes is 1. The average Bonchev–Trinajstić information content (AvgIpc) is 2.91. The van der Waals surface area contributed by atoms with Gasteiger partial charge in [-0.2, -0.15) is 0 Å². The van der Waals surface area contributed by atoms with E-state index in [-0.39, 0.29) is 5.92 Å². The lowest BCUT2D eigenvalue weighted by Gasteiger charge is -2.08. The van der Waals surface area contributed by atoms with Crippen molar-refractivity contribution in [3.63, 3.8) is 0 Å². The van der Waals surface area contributed by atoms with Crippen molar-refractivity contribution in [2.75, 3.05) is 17.7 Å². The summed E-state index contributed by atoms with van der Waals surface area (Å²) in [5, 5.41) is 6.24. The zero-order chi connectivity index (χ0) is 14.5. The number of anilines is 3. The molecule has 0 saturated heterocycles. The highest BCUT2D eigenvalue weighted by Gasteiger charge is 2.11. The Morgan fingerprint density at radius 3 is 2.95 bits per heavy atom. The molecule has 0 bridgehead atoms. The molecule has 1 aromatic heterocycles. The Hall–Kier alpha value is -2.67. The van der Waals surface area contributed by atoms with E-state index in [4.69, 9.17) is 10.8 Å². The number of aromatic nitrogens is 1. The fourth-order valence-electron chi connectivity index (χ4n) is 1.78. The maximum atomic E-state index is 5.60. The first-order valence-corrected chi connectivity index (χ1v) is 6.27. The number of nitrogens with zero attached hydrogens (tertiary/aromatic N) is 1. The van der Waals surface area contributed by atoms with E-state index in [0.29, 0.717) is 11.8 Å². The van der Waals surface area contributed by atoms with Crippen LogP contribution >= 0.6 is 0 Å². The SMILES string of the molecule is C#CC(C=C)c1cnc(Nc2cc(NC)ccc2C)o1. The van der Waals surface area contributed by atoms with Crippen LogP contribution in [-0.4, -0.2) is 12.0 Å². The van der Waals surface area contributed by atoms with Gasteiger partial charge in [-0.1, -0.05) is 18.1 Å². The van der Waals surface area contributed by atoms with Crippen LogP contribution in [0, 0.1) is 19.3 Å². The molecule has 0 saturated carbocycles. The van der Waals surface area contributed by atoms with Crippen LogP contribution in [0.5, 0.6) is 0 Å². The first kappa shape index (κ1) is 13.8. The van der Waals surface area contributed by atoms with Gasteiger partial charge < -0.3 is 15.1 Å². The maximum Gasteiger partial charge on any atom is 0.299 e. The summed E-state index contributed by atoms with van der Waals surface area (Å²) >= 11 is 0. The van der Waals surface area contributed by atoms with E-state index >= 15 is 0 Å². The van der Waals surface area contributed by atoms with Crippen molar-refractivity contribution in [2.45, 2.75) is 12.8 Å². The Kier molecular flexibility index (Phi) is 4.11. The van der Waals surface area contributed by atoms with Crippen LogP contribution in [0.1, 0.15) is 17.2 Å². The minimum atomic E-state index is -0.261. The van der Waals surface area contributed by atoms with Crippen LogP contribution in [0.3, 0.4) is 0 Å². The number of benzene rings is 1. The minimum Gasteiger partial charge on any atom is -0.427 e. The second kappa shape index (κ2) is 5.98. The molecule has 1 atom stereocenters. The summed E-state index contributed by atoms with van der Waals surface area (Å²) in [6.07, 6.45) is 8.67. The molecule has 0 aliphatic carbocycles. The van der Waals surface area contributed by atoms with Gasteiger partial charge in [-0.05, 0) is 24.6 Å². The second-order valence-corrected chi connectivity index (χ2v) is 4.35. The molecule has 2 aromatic rings. The van der Waals surface area contributed by atoms with Gasteiger partial charge in [0.05, 0.1) is 12.1 Å².